The van der Waals surface area contributed by atoms with Crippen LogP contribution in [0.15, 0.2) is 24.3 Å². The average Bonchev–Trinajstić information content (AvgIpc) is 2.40. The lowest BCUT2D eigenvalue weighted by atomic mass is 10.1. The molecule has 1 amide bonds. The van der Waals surface area contributed by atoms with E-state index in [9.17, 15) is 9.59 Å². The van der Waals surface area contributed by atoms with Crippen LogP contribution in [0.3, 0.4) is 0 Å². The smallest absolute Gasteiger partial charge is 0.326 e. The Balaban J connectivity index is 2.57. The predicted octanol–water partition coefficient (Wildman–Crippen LogP) is -0.786. The molecule has 0 unspecified atom stereocenters. The van der Waals surface area contributed by atoms with Crippen molar-refractivity contribution in [2.75, 3.05) is 6.61 Å². The Bertz CT molecular complexity index is 460. The van der Waals surface area contributed by atoms with Crippen molar-refractivity contribution in [3.63, 3.8) is 0 Å². The highest BCUT2D eigenvalue weighted by molar-refractivity contribution is 5.86. The maximum atomic E-state index is 11.8. The minimum atomic E-state index is -1.22. The molecule has 1 aromatic carbocycles. The molecule has 0 spiro atoms. The maximum absolute atomic E-state index is 11.8. The van der Waals surface area contributed by atoms with Gasteiger partial charge in [0.1, 0.15) is 11.8 Å². The number of benzene rings is 1. The van der Waals surface area contributed by atoms with Gasteiger partial charge in [0.25, 0.3) is 0 Å². The summed E-state index contributed by atoms with van der Waals surface area (Å²) in [6.07, 6.45) is 0.143. The summed E-state index contributed by atoms with van der Waals surface area (Å²) in [6, 6.07) is 4.16. The fourth-order valence-electron chi connectivity index (χ4n) is 1.64. The van der Waals surface area contributed by atoms with Gasteiger partial charge in [0, 0.05) is 13.0 Å². The van der Waals surface area contributed by atoms with Crippen LogP contribution in [0.25, 0.3) is 0 Å². The second kappa shape index (κ2) is 7.46. The van der Waals surface area contributed by atoms with E-state index in [0.29, 0.717) is 0 Å². The second-order valence-corrected chi connectivity index (χ2v) is 4.39. The summed E-state index contributed by atoms with van der Waals surface area (Å²) in [5.41, 5.74) is 6.45. The van der Waals surface area contributed by atoms with Crippen molar-refractivity contribution in [3.05, 3.63) is 29.8 Å². The van der Waals surface area contributed by atoms with Crippen molar-refractivity contribution < 1.29 is 24.9 Å². The Morgan fingerprint density at radius 1 is 1.25 bits per heavy atom. The van der Waals surface area contributed by atoms with Crippen LogP contribution in [0.1, 0.15) is 12.0 Å². The summed E-state index contributed by atoms with van der Waals surface area (Å²) in [5.74, 6) is -1.70. The third kappa shape index (κ3) is 4.87. The average molecular weight is 282 g/mol. The molecule has 1 rings (SSSR count). The molecule has 2 atom stereocenters. The quantitative estimate of drug-likeness (QED) is 0.445. The first-order chi connectivity index (χ1) is 9.43. The lowest BCUT2D eigenvalue weighted by molar-refractivity contribution is -0.142. The lowest BCUT2D eigenvalue weighted by Crippen LogP contribution is -2.49. The highest BCUT2D eigenvalue weighted by atomic mass is 16.4. The van der Waals surface area contributed by atoms with Crippen LogP contribution < -0.4 is 11.1 Å². The molecular weight excluding hydrogens is 264 g/mol. The van der Waals surface area contributed by atoms with Gasteiger partial charge < -0.3 is 26.4 Å². The van der Waals surface area contributed by atoms with Crippen molar-refractivity contribution in [2.45, 2.75) is 24.9 Å². The fourth-order valence-corrected chi connectivity index (χ4v) is 1.64. The summed E-state index contributed by atoms with van der Waals surface area (Å²) >= 11 is 0. The van der Waals surface area contributed by atoms with Crippen molar-refractivity contribution in [1.82, 2.24) is 5.32 Å². The molecule has 0 radical (unpaired) electrons. The van der Waals surface area contributed by atoms with Gasteiger partial charge in [0.15, 0.2) is 0 Å². The number of aliphatic carboxylic acids is 1. The number of aliphatic hydroxyl groups excluding tert-OH is 1. The molecule has 7 heteroatoms. The first-order valence-electron chi connectivity index (χ1n) is 6.11. The largest absolute Gasteiger partial charge is 0.508 e. The third-order valence-electron chi connectivity index (χ3n) is 2.76. The number of phenols is 1. The number of carbonyl (C=O) groups excluding carboxylic acids is 1. The third-order valence-corrected chi connectivity index (χ3v) is 2.76. The van der Waals surface area contributed by atoms with Gasteiger partial charge in [-0.1, -0.05) is 12.1 Å². The van der Waals surface area contributed by atoms with Crippen LogP contribution in [0.2, 0.25) is 0 Å². The fraction of sp³-hybridized carbons (Fsp3) is 0.385. The van der Waals surface area contributed by atoms with Crippen LogP contribution >= 0.6 is 0 Å². The first-order valence-corrected chi connectivity index (χ1v) is 6.11. The van der Waals surface area contributed by atoms with Crippen LogP contribution in [0.4, 0.5) is 0 Å². The highest BCUT2D eigenvalue weighted by Gasteiger charge is 2.22. The highest BCUT2D eigenvalue weighted by Crippen LogP contribution is 2.11. The number of rotatable bonds is 7. The van der Waals surface area contributed by atoms with E-state index in [0.717, 1.165) is 5.56 Å². The van der Waals surface area contributed by atoms with E-state index in [1.54, 1.807) is 12.1 Å². The molecule has 0 aliphatic rings. The van der Waals surface area contributed by atoms with Gasteiger partial charge in [-0.3, -0.25) is 4.79 Å². The normalized spacial score (nSPS) is 13.5. The van der Waals surface area contributed by atoms with E-state index in [2.05, 4.69) is 5.32 Å². The molecule has 7 nitrogen and oxygen atoms in total. The SMILES string of the molecule is N[C@@H](Cc1ccc(O)cc1)C(=O)N[C@H](CCO)C(=O)O. The number of amides is 1. The molecule has 0 saturated heterocycles. The Morgan fingerprint density at radius 2 is 1.85 bits per heavy atom. The van der Waals surface area contributed by atoms with Gasteiger partial charge in [-0.2, -0.15) is 0 Å². The van der Waals surface area contributed by atoms with Crippen molar-refractivity contribution in [1.29, 1.82) is 0 Å². The molecule has 0 aliphatic heterocycles. The number of aromatic hydroxyl groups is 1. The number of hydrogen-bond donors (Lipinski definition) is 5. The van der Waals surface area contributed by atoms with E-state index in [1.807, 2.05) is 0 Å². The van der Waals surface area contributed by atoms with Crippen molar-refractivity contribution >= 4 is 11.9 Å². The Morgan fingerprint density at radius 3 is 2.35 bits per heavy atom. The lowest BCUT2D eigenvalue weighted by Gasteiger charge is -2.17. The molecule has 0 saturated carbocycles. The maximum Gasteiger partial charge on any atom is 0.326 e. The second-order valence-electron chi connectivity index (χ2n) is 4.39. The summed E-state index contributed by atoms with van der Waals surface area (Å²) in [6.45, 7) is -0.343. The number of nitrogens with one attached hydrogen (secondary N) is 1. The molecule has 0 aromatic heterocycles. The Hall–Kier alpha value is -2.12. The zero-order chi connectivity index (χ0) is 15.1. The Kier molecular flexibility index (Phi) is 5.95. The molecule has 20 heavy (non-hydrogen) atoms. The van der Waals surface area contributed by atoms with Gasteiger partial charge in [0.2, 0.25) is 5.91 Å². The van der Waals surface area contributed by atoms with Crippen LogP contribution in [-0.2, 0) is 16.0 Å². The van der Waals surface area contributed by atoms with E-state index < -0.39 is 24.0 Å². The van der Waals surface area contributed by atoms with E-state index in [-0.39, 0.29) is 25.2 Å². The minimum absolute atomic E-state index is 0.0764. The molecule has 0 fully saturated rings. The van der Waals surface area contributed by atoms with E-state index in [1.165, 1.54) is 12.1 Å². The van der Waals surface area contributed by atoms with E-state index >= 15 is 0 Å². The van der Waals surface area contributed by atoms with Gasteiger partial charge in [-0.05, 0) is 24.1 Å². The zero-order valence-corrected chi connectivity index (χ0v) is 10.8. The number of aliphatic hydroxyl groups is 1. The van der Waals surface area contributed by atoms with Gasteiger partial charge >= 0.3 is 5.97 Å². The number of nitrogens with two attached hydrogens (primary N) is 1. The van der Waals surface area contributed by atoms with Crippen LogP contribution in [-0.4, -0.2) is 45.9 Å². The van der Waals surface area contributed by atoms with Crippen molar-refractivity contribution in [3.8, 4) is 5.75 Å². The number of phenolic OH excluding ortho intramolecular Hbond substituents is 1. The minimum Gasteiger partial charge on any atom is -0.508 e. The number of carboxylic acid groups (broad SMARTS) is 1. The Labute approximate surface area is 116 Å². The van der Waals surface area contributed by atoms with Crippen LogP contribution in [0.5, 0.6) is 5.75 Å². The molecule has 0 aliphatic carbocycles. The molecular formula is C13H18N2O5. The number of carboxylic acids is 1. The van der Waals surface area contributed by atoms with Crippen LogP contribution in [0, 0.1) is 0 Å². The molecule has 0 bridgehead atoms. The standard InChI is InChI=1S/C13H18N2O5/c14-10(7-8-1-3-9(17)4-2-8)12(18)15-11(5-6-16)13(19)20/h1-4,10-11,16-17H,5-7,14H2,(H,15,18)(H,19,20)/t10-,11+/m0/s1. The molecule has 110 valence electrons. The van der Waals surface area contributed by atoms with Gasteiger partial charge in [-0.25, -0.2) is 4.79 Å². The molecule has 6 N–H and O–H groups in total. The first kappa shape index (κ1) is 15.9. The number of carbonyl (C=O) groups is 2. The van der Waals surface area contributed by atoms with Gasteiger partial charge in [-0.15, -0.1) is 0 Å². The zero-order valence-electron chi connectivity index (χ0n) is 10.8. The topological polar surface area (TPSA) is 133 Å². The summed E-state index contributed by atoms with van der Waals surface area (Å²) < 4.78 is 0. The number of hydrogen-bond acceptors (Lipinski definition) is 5. The monoisotopic (exact) mass is 282 g/mol. The predicted molar refractivity (Wildman–Crippen MR) is 71.1 cm³/mol. The summed E-state index contributed by atoms with van der Waals surface area (Å²) in [4.78, 5) is 22.6. The molecule has 0 heterocycles. The summed E-state index contributed by atoms with van der Waals surface area (Å²) in [5, 5.41) is 29.0. The molecule has 1 aromatic rings. The van der Waals surface area contributed by atoms with Gasteiger partial charge in [0.05, 0.1) is 6.04 Å². The summed E-state index contributed by atoms with van der Waals surface area (Å²) in [7, 11) is 0. The van der Waals surface area contributed by atoms with E-state index in [4.69, 9.17) is 21.1 Å². The van der Waals surface area contributed by atoms with Crippen molar-refractivity contribution in [2.24, 2.45) is 5.73 Å².